The zero-order valence-corrected chi connectivity index (χ0v) is 6.26. The Balaban J connectivity index is 2.93. The molecule has 11 heavy (non-hydrogen) atoms. The summed E-state index contributed by atoms with van der Waals surface area (Å²) in [5.41, 5.74) is 7.27. The topological polar surface area (TPSA) is 78.0 Å². The highest BCUT2D eigenvalue weighted by atomic mass is 14.9. The first kappa shape index (κ1) is 7.53. The number of H-pyrrole nitrogens is 1. The maximum Gasteiger partial charge on any atom is 0.148 e. The summed E-state index contributed by atoms with van der Waals surface area (Å²) in [6.07, 6.45) is 0.922. The molecule has 0 spiro atoms. The van der Waals surface area contributed by atoms with Gasteiger partial charge in [0.2, 0.25) is 0 Å². The number of nitrogens with one attached hydrogen (secondary N) is 2. The Morgan fingerprint density at radius 2 is 2.45 bits per heavy atom. The smallest absolute Gasteiger partial charge is 0.148 e. The molecule has 0 unspecified atom stereocenters. The van der Waals surface area contributed by atoms with Crippen molar-refractivity contribution in [3.63, 3.8) is 0 Å². The normalized spacial score (nSPS) is 11.5. The first-order valence-electron chi connectivity index (χ1n) is 3.22. The summed E-state index contributed by atoms with van der Waals surface area (Å²) in [7, 11) is 0. The molecular weight excluding hydrogens is 140 g/mol. The monoisotopic (exact) mass is 150 g/mol. The molecule has 4 N–H and O–H groups in total. The van der Waals surface area contributed by atoms with Gasteiger partial charge in [0, 0.05) is 5.69 Å². The minimum atomic E-state index is 0.341. The summed E-state index contributed by atoms with van der Waals surface area (Å²) < 4.78 is 0. The van der Waals surface area contributed by atoms with E-state index in [1.165, 1.54) is 0 Å². The number of aromatic amines is 1. The van der Waals surface area contributed by atoms with Crippen LogP contribution in [0.3, 0.4) is 0 Å². The van der Waals surface area contributed by atoms with Crippen LogP contribution in [0.5, 0.6) is 0 Å². The molecule has 0 aliphatic carbocycles. The molecule has 1 heterocycles. The van der Waals surface area contributed by atoms with Crippen LogP contribution in [0.4, 0.5) is 0 Å². The van der Waals surface area contributed by atoms with E-state index in [-0.39, 0.29) is 0 Å². The third kappa shape index (κ3) is 1.67. The summed E-state index contributed by atoms with van der Waals surface area (Å²) in [6, 6.07) is 3.74. The van der Waals surface area contributed by atoms with Crippen LogP contribution in [-0.4, -0.2) is 17.2 Å². The van der Waals surface area contributed by atoms with Gasteiger partial charge in [-0.15, -0.1) is 0 Å². The third-order valence-corrected chi connectivity index (χ3v) is 1.31. The number of aryl methyl sites for hydroxylation is 1. The molecular formula is C7H10N4. The second-order valence-corrected chi connectivity index (χ2v) is 2.20. The van der Waals surface area contributed by atoms with E-state index < -0.39 is 0 Å². The van der Waals surface area contributed by atoms with E-state index in [4.69, 9.17) is 11.1 Å². The van der Waals surface area contributed by atoms with Gasteiger partial charge in [0.1, 0.15) is 12.2 Å². The van der Waals surface area contributed by atoms with Crippen molar-refractivity contribution in [2.24, 2.45) is 10.7 Å². The number of aliphatic imine (C=N–C) groups is 1. The lowest BCUT2D eigenvalue weighted by Gasteiger charge is -1.92. The molecule has 0 bridgehead atoms. The Hall–Kier alpha value is -1.58. The number of aromatic nitrogens is 1. The fourth-order valence-electron chi connectivity index (χ4n) is 0.793. The average Bonchev–Trinajstić information content (AvgIpc) is 2.36. The van der Waals surface area contributed by atoms with Crippen LogP contribution in [0.1, 0.15) is 11.4 Å². The molecule has 0 saturated carbocycles. The second kappa shape index (κ2) is 3.01. The van der Waals surface area contributed by atoms with Gasteiger partial charge in [-0.2, -0.15) is 0 Å². The molecule has 0 aliphatic heterocycles. The maximum absolute atomic E-state index is 6.68. The van der Waals surface area contributed by atoms with E-state index in [1.807, 2.05) is 19.1 Å². The van der Waals surface area contributed by atoms with Crippen LogP contribution >= 0.6 is 0 Å². The predicted molar refractivity (Wildman–Crippen MR) is 45.0 cm³/mol. The number of hydrogen-bond acceptors (Lipinski definition) is 1. The largest absolute Gasteiger partial charge is 0.382 e. The van der Waals surface area contributed by atoms with Crippen molar-refractivity contribution in [3.05, 3.63) is 23.5 Å². The van der Waals surface area contributed by atoms with Crippen LogP contribution in [-0.2, 0) is 0 Å². The molecule has 0 atom stereocenters. The predicted octanol–water partition coefficient (Wildman–Crippen LogP) is 0.635. The third-order valence-electron chi connectivity index (χ3n) is 1.31. The fraction of sp³-hybridized carbons (Fsp3) is 0.143. The van der Waals surface area contributed by atoms with Gasteiger partial charge >= 0.3 is 0 Å². The first-order valence-corrected chi connectivity index (χ1v) is 3.22. The Bertz CT molecular complexity index is 284. The van der Waals surface area contributed by atoms with E-state index in [1.54, 1.807) is 0 Å². The van der Waals surface area contributed by atoms with Gasteiger partial charge in [-0.3, -0.25) is 5.41 Å². The van der Waals surface area contributed by atoms with Crippen molar-refractivity contribution < 1.29 is 0 Å². The summed E-state index contributed by atoms with van der Waals surface area (Å²) in [5, 5.41) is 6.68. The van der Waals surface area contributed by atoms with Gasteiger partial charge in [-0.1, -0.05) is 0 Å². The highest BCUT2D eigenvalue weighted by Crippen LogP contribution is 1.98. The van der Waals surface area contributed by atoms with Crippen molar-refractivity contribution in [1.29, 1.82) is 5.41 Å². The lowest BCUT2D eigenvalue weighted by Crippen LogP contribution is -2.13. The maximum atomic E-state index is 6.68. The average molecular weight is 150 g/mol. The minimum absolute atomic E-state index is 0.341. The summed E-state index contributed by atoms with van der Waals surface area (Å²) >= 11 is 0. The van der Waals surface area contributed by atoms with E-state index >= 15 is 0 Å². The van der Waals surface area contributed by atoms with Gasteiger partial charge in [0.05, 0.1) is 5.69 Å². The second-order valence-electron chi connectivity index (χ2n) is 2.20. The van der Waals surface area contributed by atoms with Gasteiger partial charge in [-0.05, 0) is 19.1 Å². The Morgan fingerprint density at radius 1 is 1.73 bits per heavy atom. The van der Waals surface area contributed by atoms with Gasteiger partial charge in [0.25, 0.3) is 0 Å². The number of nitrogens with two attached hydrogens (primary N) is 1. The minimum Gasteiger partial charge on any atom is -0.382 e. The van der Waals surface area contributed by atoms with Crippen molar-refractivity contribution in [2.45, 2.75) is 6.92 Å². The van der Waals surface area contributed by atoms with Crippen LogP contribution in [0.25, 0.3) is 0 Å². The zero-order valence-electron chi connectivity index (χ0n) is 6.26. The highest BCUT2D eigenvalue weighted by molar-refractivity contribution is 5.99. The van der Waals surface area contributed by atoms with Crippen LogP contribution in [0.2, 0.25) is 0 Å². The van der Waals surface area contributed by atoms with E-state index in [9.17, 15) is 0 Å². The number of amidine groups is 1. The van der Waals surface area contributed by atoms with Crippen molar-refractivity contribution in [2.75, 3.05) is 0 Å². The van der Waals surface area contributed by atoms with E-state index in [2.05, 4.69) is 9.98 Å². The quantitative estimate of drug-likeness (QED) is 0.419. The molecule has 1 aromatic rings. The first-order chi connectivity index (χ1) is 5.24. The molecule has 4 nitrogen and oxygen atoms in total. The summed E-state index contributed by atoms with van der Waals surface area (Å²) in [5.74, 6) is 0.341. The van der Waals surface area contributed by atoms with Crippen LogP contribution in [0.15, 0.2) is 17.1 Å². The molecule has 0 radical (unpaired) electrons. The number of nitrogens with zero attached hydrogens (tertiary/aromatic N) is 1. The Kier molecular flexibility index (Phi) is 2.06. The molecule has 4 heteroatoms. The van der Waals surface area contributed by atoms with E-state index in [0.29, 0.717) is 5.84 Å². The molecule has 58 valence electrons. The standard InChI is InChI=1S/C7H10N4/c1-5-2-3-6(11-5)7(9)10-4-8/h2-4,11H,1H3,(H3,8,9,10). The molecule has 0 saturated heterocycles. The molecule has 0 fully saturated rings. The van der Waals surface area contributed by atoms with Crippen LogP contribution < -0.4 is 5.73 Å². The molecule has 0 aromatic carbocycles. The summed E-state index contributed by atoms with van der Waals surface area (Å²) in [4.78, 5) is 6.61. The number of rotatable bonds is 2. The zero-order chi connectivity index (χ0) is 8.27. The molecule has 0 amide bonds. The Morgan fingerprint density at radius 3 is 2.91 bits per heavy atom. The number of hydrogen-bond donors (Lipinski definition) is 3. The molecule has 1 rings (SSSR count). The molecule has 1 aromatic heterocycles. The van der Waals surface area contributed by atoms with Crippen molar-refractivity contribution in [3.8, 4) is 0 Å². The van der Waals surface area contributed by atoms with E-state index in [0.717, 1.165) is 17.7 Å². The lowest BCUT2D eigenvalue weighted by molar-refractivity contribution is 1.24. The highest BCUT2D eigenvalue weighted by Gasteiger charge is 1.97. The van der Waals surface area contributed by atoms with Gasteiger partial charge in [-0.25, -0.2) is 4.99 Å². The van der Waals surface area contributed by atoms with Gasteiger partial charge in [0.15, 0.2) is 0 Å². The van der Waals surface area contributed by atoms with Crippen LogP contribution in [0, 0.1) is 12.3 Å². The molecule has 0 aliphatic rings. The van der Waals surface area contributed by atoms with Gasteiger partial charge < -0.3 is 10.7 Å². The Labute approximate surface area is 64.7 Å². The van der Waals surface area contributed by atoms with Crippen molar-refractivity contribution in [1.82, 2.24) is 4.98 Å². The summed E-state index contributed by atoms with van der Waals surface area (Å²) in [6.45, 7) is 1.93. The lowest BCUT2D eigenvalue weighted by atomic mass is 10.4. The van der Waals surface area contributed by atoms with Crippen molar-refractivity contribution >= 4 is 12.2 Å². The SMILES string of the molecule is Cc1ccc(/C(N)=N\C=N)[nH]1. The fourth-order valence-corrected chi connectivity index (χ4v) is 0.793.